The molecule has 0 aromatic carbocycles. The summed E-state index contributed by atoms with van der Waals surface area (Å²) in [7, 11) is 1.98. The van der Waals surface area contributed by atoms with E-state index in [9.17, 15) is 4.79 Å². The first kappa shape index (κ1) is 14.5. The lowest BCUT2D eigenvalue weighted by Gasteiger charge is -2.31. The molecule has 1 fully saturated rings. The van der Waals surface area contributed by atoms with Gasteiger partial charge in [0, 0.05) is 5.54 Å². The maximum Gasteiger partial charge on any atom is 0.307 e. The van der Waals surface area contributed by atoms with Crippen LogP contribution in [-0.4, -0.2) is 25.2 Å². The number of hydrogen-bond acceptors (Lipinski definition) is 3. The van der Waals surface area contributed by atoms with Crippen LogP contribution < -0.4 is 5.32 Å². The van der Waals surface area contributed by atoms with Gasteiger partial charge in [0.25, 0.3) is 0 Å². The second kappa shape index (κ2) is 7.00. The number of ether oxygens (including phenoxy) is 1. The quantitative estimate of drug-likeness (QED) is 0.594. The minimum absolute atomic E-state index is 0.0177. The zero-order chi connectivity index (χ0) is 12.7. The predicted molar refractivity (Wildman–Crippen MR) is 69.9 cm³/mol. The molecule has 0 aliphatic heterocycles. The van der Waals surface area contributed by atoms with E-state index in [0.717, 1.165) is 18.8 Å². The Balaban J connectivity index is 2.58. The Hall–Kier alpha value is -0.570. The van der Waals surface area contributed by atoms with Gasteiger partial charge in [-0.25, -0.2) is 0 Å². The molecule has 2 unspecified atom stereocenters. The van der Waals surface area contributed by atoms with E-state index < -0.39 is 0 Å². The summed E-state index contributed by atoms with van der Waals surface area (Å²) in [6, 6.07) is 0. The third-order valence-corrected chi connectivity index (χ3v) is 4.19. The fraction of sp³-hybridized carbons (Fsp3) is 0.929. The number of nitrogens with one attached hydrogen (secondary N) is 1. The lowest BCUT2D eigenvalue weighted by Crippen LogP contribution is -2.44. The van der Waals surface area contributed by atoms with Gasteiger partial charge in [-0.3, -0.25) is 4.79 Å². The maximum atomic E-state index is 11.7. The molecule has 0 heterocycles. The minimum atomic E-state index is -0.0585. The Kier molecular flexibility index (Phi) is 5.96. The molecule has 3 heteroatoms. The first-order chi connectivity index (χ1) is 8.15. The predicted octanol–water partition coefficient (Wildman–Crippen LogP) is 2.89. The largest absolute Gasteiger partial charge is 0.466 e. The minimum Gasteiger partial charge on any atom is -0.466 e. The summed E-state index contributed by atoms with van der Waals surface area (Å²) in [6.45, 7) is 4.61. The number of carbonyl (C=O) groups excluding carboxylic acids is 1. The van der Waals surface area contributed by atoms with Crippen molar-refractivity contribution in [2.75, 3.05) is 13.7 Å². The monoisotopic (exact) mass is 241 g/mol. The fourth-order valence-electron chi connectivity index (χ4n) is 2.89. The van der Waals surface area contributed by atoms with Crippen LogP contribution in [0.1, 0.15) is 58.8 Å². The van der Waals surface area contributed by atoms with Crippen LogP contribution in [0, 0.1) is 5.92 Å². The molecular weight excluding hydrogens is 214 g/mol. The summed E-state index contributed by atoms with van der Waals surface area (Å²) < 4.78 is 5.09. The number of hydrogen-bond donors (Lipinski definition) is 1. The Labute approximate surface area is 105 Å². The van der Waals surface area contributed by atoms with Crippen LogP contribution in [0.3, 0.4) is 0 Å². The SMILES string of the molecule is CCOC(=O)CC1(NC)CCCC(CC)CC1. The van der Waals surface area contributed by atoms with Crippen molar-refractivity contribution in [3.63, 3.8) is 0 Å². The molecule has 17 heavy (non-hydrogen) atoms. The highest BCUT2D eigenvalue weighted by atomic mass is 16.5. The molecule has 0 saturated heterocycles. The van der Waals surface area contributed by atoms with Crippen molar-refractivity contribution < 1.29 is 9.53 Å². The molecule has 0 radical (unpaired) electrons. The number of carbonyl (C=O) groups is 1. The molecule has 0 aromatic rings. The van der Waals surface area contributed by atoms with Gasteiger partial charge in [0.1, 0.15) is 0 Å². The summed E-state index contributed by atoms with van der Waals surface area (Å²) >= 11 is 0. The Morgan fingerprint density at radius 3 is 2.71 bits per heavy atom. The van der Waals surface area contributed by atoms with E-state index in [1.807, 2.05) is 14.0 Å². The summed E-state index contributed by atoms with van der Waals surface area (Å²) in [5.41, 5.74) is -0.0177. The zero-order valence-corrected chi connectivity index (χ0v) is 11.6. The average Bonchev–Trinajstić information content (AvgIpc) is 2.52. The van der Waals surface area contributed by atoms with Crippen molar-refractivity contribution in [2.45, 2.75) is 64.3 Å². The topological polar surface area (TPSA) is 38.3 Å². The Bertz CT molecular complexity index is 242. The standard InChI is InChI=1S/C14H27NO2/c1-4-12-7-6-9-14(15-3,10-8-12)11-13(16)17-5-2/h12,15H,4-11H2,1-3H3. The van der Waals surface area contributed by atoms with Gasteiger partial charge in [-0.15, -0.1) is 0 Å². The van der Waals surface area contributed by atoms with Crippen LogP contribution in [0.4, 0.5) is 0 Å². The van der Waals surface area contributed by atoms with Crippen LogP contribution in [-0.2, 0) is 9.53 Å². The number of rotatable bonds is 5. The van der Waals surface area contributed by atoms with Crippen molar-refractivity contribution in [3.8, 4) is 0 Å². The lowest BCUT2D eigenvalue weighted by atomic mass is 9.86. The molecule has 1 aliphatic rings. The van der Waals surface area contributed by atoms with Crippen molar-refractivity contribution in [3.05, 3.63) is 0 Å². The van der Waals surface area contributed by atoms with E-state index >= 15 is 0 Å². The first-order valence-electron chi connectivity index (χ1n) is 7.00. The van der Waals surface area contributed by atoms with Crippen LogP contribution in [0.5, 0.6) is 0 Å². The molecule has 1 aliphatic carbocycles. The van der Waals surface area contributed by atoms with Gasteiger partial charge < -0.3 is 10.1 Å². The van der Waals surface area contributed by atoms with E-state index in [-0.39, 0.29) is 11.5 Å². The Morgan fingerprint density at radius 2 is 2.12 bits per heavy atom. The maximum absolute atomic E-state index is 11.7. The van der Waals surface area contributed by atoms with Crippen molar-refractivity contribution in [1.29, 1.82) is 0 Å². The molecular formula is C14H27NO2. The fourth-order valence-corrected chi connectivity index (χ4v) is 2.89. The van der Waals surface area contributed by atoms with E-state index in [4.69, 9.17) is 4.74 Å². The second-order valence-corrected chi connectivity index (χ2v) is 5.22. The molecule has 1 N–H and O–H groups in total. The molecule has 0 bridgehead atoms. The highest BCUT2D eigenvalue weighted by molar-refractivity contribution is 5.70. The second-order valence-electron chi connectivity index (χ2n) is 5.22. The van der Waals surface area contributed by atoms with E-state index in [2.05, 4.69) is 12.2 Å². The molecule has 1 saturated carbocycles. The van der Waals surface area contributed by atoms with Crippen molar-refractivity contribution >= 4 is 5.97 Å². The van der Waals surface area contributed by atoms with Crippen LogP contribution in [0.25, 0.3) is 0 Å². The summed E-state index contributed by atoms with van der Waals surface area (Å²) in [6.07, 6.45) is 7.74. The van der Waals surface area contributed by atoms with Crippen molar-refractivity contribution in [1.82, 2.24) is 5.32 Å². The summed E-state index contributed by atoms with van der Waals surface area (Å²) in [5.74, 6) is 0.782. The van der Waals surface area contributed by atoms with Crippen molar-refractivity contribution in [2.24, 2.45) is 5.92 Å². The highest BCUT2D eigenvalue weighted by Gasteiger charge is 2.33. The first-order valence-corrected chi connectivity index (χ1v) is 7.00. The van der Waals surface area contributed by atoms with Gasteiger partial charge in [0.15, 0.2) is 0 Å². The van der Waals surface area contributed by atoms with Gasteiger partial charge in [0.05, 0.1) is 13.0 Å². The average molecular weight is 241 g/mol. The molecule has 1 rings (SSSR count). The van der Waals surface area contributed by atoms with Gasteiger partial charge in [0.2, 0.25) is 0 Å². The molecule has 3 nitrogen and oxygen atoms in total. The third kappa shape index (κ3) is 4.30. The van der Waals surface area contributed by atoms with Gasteiger partial charge in [-0.1, -0.05) is 26.2 Å². The van der Waals surface area contributed by atoms with Gasteiger partial charge >= 0.3 is 5.97 Å². The third-order valence-electron chi connectivity index (χ3n) is 4.19. The van der Waals surface area contributed by atoms with Gasteiger partial charge in [-0.2, -0.15) is 0 Å². The molecule has 0 amide bonds. The normalized spacial score (nSPS) is 29.7. The van der Waals surface area contributed by atoms with Crippen LogP contribution in [0.2, 0.25) is 0 Å². The molecule has 100 valence electrons. The van der Waals surface area contributed by atoms with Gasteiger partial charge in [-0.05, 0) is 39.2 Å². The van der Waals surface area contributed by atoms with E-state index in [0.29, 0.717) is 13.0 Å². The van der Waals surface area contributed by atoms with E-state index in [1.54, 1.807) is 0 Å². The molecule has 0 spiro atoms. The lowest BCUT2D eigenvalue weighted by molar-refractivity contribution is -0.145. The highest BCUT2D eigenvalue weighted by Crippen LogP contribution is 2.34. The summed E-state index contributed by atoms with van der Waals surface area (Å²) in [5, 5.41) is 3.39. The van der Waals surface area contributed by atoms with E-state index in [1.165, 1.54) is 25.7 Å². The smallest absolute Gasteiger partial charge is 0.307 e. The van der Waals surface area contributed by atoms with Crippen LogP contribution in [0.15, 0.2) is 0 Å². The molecule has 0 aromatic heterocycles. The zero-order valence-electron chi connectivity index (χ0n) is 11.6. The summed E-state index contributed by atoms with van der Waals surface area (Å²) in [4.78, 5) is 11.7. The number of esters is 1. The molecule has 2 atom stereocenters. The Morgan fingerprint density at radius 1 is 1.35 bits per heavy atom. The van der Waals surface area contributed by atoms with Crippen LogP contribution >= 0.6 is 0 Å².